The number of nitrogens with two attached hydrogens (primary N) is 1. The molecule has 1 fully saturated rings. The zero-order chi connectivity index (χ0) is 15.6. The fourth-order valence-corrected chi connectivity index (χ4v) is 3.31. The Morgan fingerprint density at radius 3 is 1.95 bits per heavy atom. The first-order valence-electron chi connectivity index (χ1n) is 6.95. The van der Waals surface area contributed by atoms with Crippen molar-refractivity contribution in [3.8, 4) is 0 Å². The SMILES string of the molecule is CCC(N)(CC)C(=O)N1CCN(S(=O)(=O)N(C)C)CC1. The van der Waals surface area contributed by atoms with Crippen molar-refractivity contribution in [3.63, 3.8) is 0 Å². The number of rotatable bonds is 5. The van der Waals surface area contributed by atoms with Crippen molar-refractivity contribution in [3.05, 3.63) is 0 Å². The Morgan fingerprint density at radius 1 is 1.15 bits per heavy atom. The highest BCUT2D eigenvalue weighted by molar-refractivity contribution is 7.86. The number of hydrogen-bond donors (Lipinski definition) is 1. The van der Waals surface area contributed by atoms with Crippen molar-refractivity contribution in [2.75, 3.05) is 40.3 Å². The van der Waals surface area contributed by atoms with Crippen LogP contribution in [0.25, 0.3) is 0 Å². The zero-order valence-electron chi connectivity index (χ0n) is 12.8. The standard InChI is InChI=1S/C12H26N4O3S/c1-5-12(13,6-2)11(17)15-7-9-16(10-8-15)20(18,19)14(3)4/h5-10,13H2,1-4H3. The van der Waals surface area contributed by atoms with E-state index in [1.165, 1.54) is 22.7 Å². The van der Waals surface area contributed by atoms with Crippen LogP contribution < -0.4 is 5.73 Å². The van der Waals surface area contributed by atoms with Gasteiger partial charge in [0.1, 0.15) is 0 Å². The molecule has 118 valence electrons. The average Bonchev–Trinajstić information content (AvgIpc) is 2.45. The van der Waals surface area contributed by atoms with Crippen LogP contribution in [0.2, 0.25) is 0 Å². The van der Waals surface area contributed by atoms with Crippen molar-refractivity contribution < 1.29 is 13.2 Å². The molecule has 1 aliphatic rings. The van der Waals surface area contributed by atoms with Crippen LogP contribution in [-0.2, 0) is 15.0 Å². The molecule has 2 N–H and O–H groups in total. The highest BCUT2D eigenvalue weighted by Gasteiger charge is 2.37. The lowest BCUT2D eigenvalue weighted by molar-refractivity contribution is -0.138. The summed E-state index contributed by atoms with van der Waals surface area (Å²) in [6, 6.07) is 0. The molecule has 20 heavy (non-hydrogen) atoms. The molecular formula is C12H26N4O3S. The first-order valence-corrected chi connectivity index (χ1v) is 8.34. The summed E-state index contributed by atoms with van der Waals surface area (Å²) in [6.45, 7) is 5.21. The van der Waals surface area contributed by atoms with E-state index in [9.17, 15) is 13.2 Å². The van der Waals surface area contributed by atoms with Gasteiger partial charge in [-0.05, 0) is 12.8 Å². The van der Waals surface area contributed by atoms with Gasteiger partial charge in [-0.1, -0.05) is 13.8 Å². The van der Waals surface area contributed by atoms with Crippen molar-refractivity contribution in [1.82, 2.24) is 13.5 Å². The van der Waals surface area contributed by atoms with E-state index >= 15 is 0 Å². The Balaban J connectivity index is 2.70. The Hall–Kier alpha value is -0.700. The van der Waals surface area contributed by atoms with E-state index in [4.69, 9.17) is 5.73 Å². The van der Waals surface area contributed by atoms with Gasteiger partial charge in [0.15, 0.2) is 0 Å². The van der Waals surface area contributed by atoms with Crippen LogP contribution in [0.5, 0.6) is 0 Å². The minimum atomic E-state index is -3.40. The van der Waals surface area contributed by atoms with Gasteiger partial charge in [0.05, 0.1) is 5.54 Å². The lowest BCUT2D eigenvalue weighted by Gasteiger charge is -2.39. The van der Waals surface area contributed by atoms with Gasteiger partial charge in [-0.3, -0.25) is 4.79 Å². The maximum absolute atomic E-state index is 12.4. The van der Waals surface area contributed by atoms with Gasteiger partial charge in [-0.2, -0.15) is 17.0 Å². The van der Waals surface area contributed by atoms with Gasteiger partial charge >= 0.3 is 0 Å². The van der Waals surface area contributed by atoms with E-state index in [0.717, 1.165) is 0 Å². The predicted molar refractivity (Wildman–Crippen MR) is 78.3 cm³/mol. The van der Waals surface area contributed by atoms with E-state index in [2.05, 4.69) is 0 Å². The number of piperazine rings is 1. The van der Waals surface area contributed by atoms with Crippen LogP contribution in [-0.4, -0.2) is 73.6 Å². The number of nitrogens with zero attached hydrogens (tertiary/aromatic N) is 3. The Morgan fingerprint density at radius 2 is 1.60 bits per heavy atom. The second-order valence-corrected chi connectivity index (χ2v) is 7.49. The maximum Gasteiger partial charge on any atom is 0.281 e. The van der Waals surface area contributed by atoms with Crippen LogP contribution in [0.4, 0.5) is 0 Å². The van der Waals surface area contributed by atoms with E-state index in [1.54, 1.807) is 4.90 Å². The molecule has 0 atom stereocenters. The smallest absolute Gasteiger partial charge is 0.281 e. The molecule has 1 aliphatic heterocycles. The Kier molecular flexibility index (Phi) is 5.54. The maximum atomic E-state index is 12.4. The number of hydrogen-bond acceptors (Lipinski definition) is 4. The number of amides is 1. The average molecular weight is 306 g/mol. The van der Waals surface area contributed by atoms with E-state index < -0.39 is 15.7 Å². The third-order valence-corrected chi connectivity index (χ3v) is 5.94. The highest BCUT2D eigenvalue weighted by Crippen LogP contribution is 2.18. The van der Waals surface area contributed by atoms with Crippen molar-refractivity contribution >= 4 is 16.1 Å². The van der Waals surface area contributed by atoms with Crippen LogP contribution in [0, 0.1) is 0 Å². The second-order valence-electron chi connectivity index (χ2n) is 5.34. The predicted octanol–water partition coefficient (Wildman–Crippen LogP) is -0.545. The van der Waals surface area contributed by atoms with Gasteiger partial charge < -0.3 is 10.6 Å². The molecule has 0 radical (unpaired) electrons. The molecule has 1 saturated heterocycles. The molecule has 0 aromatic rings. The Bertz CT molecular complexity index is 438. The second kappa shape index (κ2) is 6.38. The molecule has 1 amide bonds. The fourth-order valence-electron chi connectivity index (χ4n) is 2.22. The quantitative estimate of drug-likeness (QED) is 0.738. The van der Waals surface area contributed by atoms with Crippen molar-refractivity contribution in [2.45, 2.75) is 32.2 Å². The number of carbonyl (C=O) groups excluding carboxylic acids is 1. The van der Waals surface area contributed by atoms with Crippen LogP contribution in [0.15, 0.2) is 0 Å². The van der Waals surface area contributed by atoms with Gasteiger partial charge in [-0.15, -0.1) is 0 Å². The molecule has 1 rings (SSSR count). The van der Waals surface area contributed by atoms with Gasteiger partial charge in [-0.25, -0.2) is 0 Å². The lowest BCUT2D eigenvalue weighted by atomic mass is 9.92. The van der Waals surface area contributed by atoms with Crippen LogP contribution in [0.1, 0.15) is 26.7 Å². The molecule has 0 spiro atoms. The minimum absolute atomic E-state index is 0.0793. The molecule has 7 nitrogen and oxygen atoms in total. The van der Waals surface area contributed by atoms with E-state index in [-0.39, 0.29) is 5.91 Å². The highest BCUT2D eigenvalue weighted by atomic mass is 32.2. The minimum Gasteiger partial charge on any atom is -0.338 e. The van der Waals surface area contributed by atoms with Crippen molar-refractivity contribution in [1.29, 1.82) is 0 Å². The first kappa shape index (κ1) is 17.4. The van der Waals surface area contributed by atoms with Gasteiger partial charge in [0.25, 0.3) is 10.2 Å². The molecule has 0 aliphatic carbocycles. The summed E-state index contributed by atoms with van der Waals surface area (Å²) in [7, 11) is -0.386. The fraction of sp³-hybridized carbons (Fsp3) is 0.917. The Labute approximate surface area is 121 Å². The molecule has 0 bridgehead atoms. The molecule has 0 aromatic heterocycles. The van der Waals surface area contributed by atoms with Gasteiger partial charge in [0.2, 0.25) is 5.91 Å². The van der Waals surface area contributed by atoms with E-state index in [1.807, 2.05) is 13.8 Å². The monoisotopic (exact) mass is 306 g/mol. The molecular weight excluding hydrogens is 280 g/mol. The molecule has 1 heterocycles. The number of carbonyl (C=O) groups is 1. The summed E-state index contributed by atoms with van der Waals surface area (Å²) in [5.74, 6) is -0.0793. The summed E-state index contributed by atoms with van der Waals surface area (Å²) in [6.07, 6.45) is 1.16. The molecule has 0 saturated carbocycles. The molecule has 0 aromatic carbocycles. The third-order valence-electron chi connectivity index (χ3n) is 4.00. The lowest BCUT2D eigenvalue weighted by Crippen LogP contribution is -2.60. The largest absolute Gasteiger partial charge is 0.338 e. The summed E-state index contributed by atoms with van der Waals surface area (Å²) >= 11 is 0. The molecule has 8 heteroatoms. The third kappa shape index (κ3) is 3.30. The van der Waals surface area contributed by atoms with Crippen molar-refractivity contribution in [2.24, 2.45) is 5.73 Å². The first-order chi connectivity index (χ1) is 9.19. The summed E-state index contributed by atoms with van der Waals surface area (Å²) in [4.78, 5) is 14.1. The molecule has 0 unspecified atom stereocenters. The normalized spacial score (nSPS) is 18.6. The van der Waals surface area contributed by atoms with E-state index in [0.29, 0.717) is 39.0 Å². The van der Waals surface area contributed by atoms with Gasteiger partial charge in [0, 0.05) is 40.3 Å². The summed E-state index contributed by atoms with van der Waals surface area (Å²) in [5, 5.41) is 0. The summed E-state index contributed by atoms with van der Waals surface area (Å²) in [5.41, 5.74) is 5.28. The topological polar surface area (TPSA) is 87.0 Å². The summed E-state index contributed by atoms with van der Waals surface area (Å²) < 4.78 is 26.6. The van der Waals surface area contributed by atoms with Crippen LogP contribution >= 0.6 is 0 Å². The zero-order valence-corrected chi connectivity index (χ0v) is 13.6. The van der Waals surface area contributed by atoms with Crippen LogP contribution in [0.3, 0.4) is 0 Å².